The Balaban J connectivity index is 1.85. The van der Waals surface area contributed by atoms with Crippen molar-refractivity contribution in [3.05, 3.63) is 47.5 Å². The van der Waals surface area contributed by atoms with Gasteiger partial charge in [0.05, 0.1) is 0 Å². The Morgan fingerprint density at radius 2 is 2.00 bits per heavy atom. The molecule has 0 aliphatic carbocycles. The second kappa shape index (κ2) is 8.50. The van der Waals surface area contributed by atoms with E-state index in [2.05, 4.69) is 16.4 Å². The number of rotatable bonds is 4. The normalized spacial score (nSPS) is 16.9. The first-order chi connectivity index (χ1) is 13.4. The summed E-state index contributed by atoms with van der Waals surface area (Å²) in [4.78, 5) is 35.1. The molecule has 2 amide bonds. The topological polar surface area (TPSA) is 75.2 Å². The average molecular weight is 380 g/mol. The highest BCUT2D eigenvalue weighted by Gasteiger charge is 2.27. The zero-order chi connectivity index (χ0) is 20.3. The molecule has 0 bridgehead atoms. The zero-order valence-electron chi connectivity index (χ0n) is 17.0. The van der Waals surface area contributed by atoms with E-state index in [1.165, 1.54) is 0 Å². The lowest BCUT2D eigenvalue weighted by Crippen LogP contribution is -2.41. The number of piperidine rings is 1. The summed E-state index contributed by atoms with van der Waals surface area (Å²) in [5, 5.41) is 2.58. The van der Waals surface area contributed by atoms with E-state index in [1.54, 1.807) is 19.3 Å². The molecule has 2 aromatic rings. The minimum atomic E-state index is -0.199. The number of amides is 2. The molecule has 3 heterocycles. The van der Waals surface area contributed by atoms with E-state index in [9.17, 15) is 9.59 Å². The van der Waals surface area contributed by atoms with Crippen molar-refractivity contribution in [2.75, 3.05) is 20.1 Å². The molecular formula is C22H28N4O2. The number of hydrogen-bond acceptors (Lipinski definition) is 4. The molecule has 1 aliphatic rings. The van der Waals surface area contributed by atoms with Gasteiger partial charge in [0.15, 0.2) is 0 Å². The number of likely N-dealkylation sites (tertiary alicyclic amines) is 1. The second-order valence-electron chi connectivity index (χ2n) is 7.71. The van der Waals surface area contributed by atoms with E-state index in [-0.39, 0.29) is 23.7 Å². The Bertz CT molecular complexity index is 861. The van der Waals surface area contributed by atoms with Gasteiger partial charge in [0.25, 0.3) is 5.91 Å². The molecule has 6 heteroatoms. The largest absolute Gasteiger partial charge is 0.354 e. The van der Waals surface area contributed by atoms with Gasteiger partial charge in [-0.25, -0.2) is 0 Å². The lowest BCUT2D eigenvalue weighted by molar-refractivity contribution is -0.135. The highest BCUT2D eigenvalue weighted by Crippen LogP contribution is 2.30. The highest BCUT2D eigenvalue weighted by atomic mass is 16.2. The molecule has 0 aromatic carbocycles. The first-order valence-electron chi connectivity index (χ1n) is 9.85. The van der Waals surface area contributed by atoms with Crippen LogP contribution < -0.4 is 5.32 Å². The standard InChI is InChI=1S/C22H28N4O2/c1-14(2)22(28)26-9-5-6-17(13-26)20-11-18(10-15(3)25-20)16-7-8-19(24-12-16)21(27)23-4/h7-8,10-12,14,17H,5-6,9,13H2,1-4H3,(H,23,27)/t17-/m0/s1. The van der Waals surface area contributed by atoms with E-state index >= 15 is 0 Å². The molecule has 1 N–H and O–H groups in total. The number of carbonyl (C=O) groups is 2. The van der Waals surface area contributed by atoms with Gasteiger partial charge in [-0.3, -0.25) is 19.6 Å². The van der Waals surface area contributed by atoms with Gasteiger partial charge in [0, 0.05) is 55.1 Å². The summed E-state index contributed by atoms with van der Waals surface area (Å²) in [5.41, 5.74) is 4.34. The number of carbonyl (C=O) groups excluding carboxylic acids is 2. The molecule has 1 aliphatic heterocycles. The van der Waals surface area contributed by atoms with Crippen molar-refractivity contribution in [1.82, 2.24) is 20.2 Å². The van der Waals surface area contributed by atoms with Crippen LogP contribution in [0.4, 0.5) is 0 Å². The molecule has 0 spiro atoms. The number of nitrogens with one attached hydrogen (secondary N) is 1. The minimum Gasteiger partial charge on any atom is -0.354 e. The second-order valence-corrected chi connectivity index (χ2v) is 7.71. The Kier molecular flexibility index (Phi) is 6.07. The van der Waals surface area contributed by atoms with Gasteiger partial charge in [-0.1, -0.05) is 19.9 Å². The van der Waals surface area contributed by atoms with Gasteiger partial charge in [-0.15, -0.1) is 0 Å². The third-order valence-corrected chi connectivity index (χ3v) is 5.17. The lowest BCUT2D eigenvalue weighted by atomic mass is 9.91. The summed E-state index contributed by atoms with van der Waals surface area (Å²) in [5.74, 6) is 0.278. The van der Waals surface area contributed by atoms with Crippen molar-refractivity contribution in [1.29, 1.82) is 0 Å². The summed E-state index contributed by atoms with van der Waals surface area (Å²) in [6.07, 6.45) is 3.75. The predicted molar refractivity (Wildman–Crippen MR) is 109 cm³/mol. The maximum absolute atomic E-state index is 12.4. The van der Waals surface area contributed by atoms with Gasteiger partial charge < -0.3 is 10.2 Å². The SMILES string of the molecule is CNC(=O)c1ccc(-c2cc(C)nc([C@H]3CCCN(C(=O)C(C)C)C3)c2)cn1. The van der Waals surface area contributed by atoms with Crippen molar-refractivity contribution in [3.63, 3.8) is 0 Å². The van der Waals surface area contributed by atoms with Gasteiger partial charge in [0.1, 0.15) is 5.69 Å². The zero-order valence-corrected chi connectivity index (χ0v) is 17.0. The molecule has 148 valence electrons. The number of nitrogens with zero attached hydrogens (tertiary/aromatic N) is 3. The molecule has 28 heavy (non-hydrogen) atoms. The van der Waals surface area contributed by atoms with Crippen LogP contribution in [0.3, 0.4) is 0 Å². The Labute approximate surface area is 166 Å². The summed E-state index contributed by atoms with van der Waals surface area (Å²) < 4.78 is 0. The fraction of sp³-hybridized carbons (Fsp3) is 0.455. The minimum absolute atomic E-state index is 0.0182. The van der Waals surface area contributed by atoms with Gasteiger partial charge in [-0.05, 0) is 43.5 Å². The Morgan fingerprint density at radius 1 is 1.21 bits per heavy atom. The van der Waals surface area contributed by atoms with Crippen LogP contribution in [0.1, 0.15) is 54.5 Å². The van der Waals surface area contributed by atoms with Gasteiger partial charge >= 0.3 is 0 Å². The maximum atomic E-state index is 12.4. The molecule has 1 atom stereocenters. The summed E-state index contributed by atoms with van der Waals surface area (Å²) in [6.45, 7) is 7.44. The lowest BCUT2D eigenvalue weighted by Gasteiger charge is -2.34. The third kappa shape index (κ3) is 4.38. The first-order valence-corrected chi connectivity index (χ1v) is 9.85. The van der Waals surface area contributed by atoms with Crippen LogP contribution in [0.2, 0.25) is 0 Å². The number of pyridine rings is 2. The van der Waals surface area contributed by atoms with E-state index < -0.39 is 0 Å². The molecule has 0 saturated carbocycles. The fourth-order valence-electron chi connectivity index (χ4n) is 3.68. The molecular weight excluding hydrogens is 352 g/mol. The predicted octanol–water partition coefficient (Wildman–Crippen LogP) is 3.17. The van der Waals surface area contributed by atoms with Crippen molar-refractivity contribution in [2.24, 2.45) is 5.92 Å². The van der Waals surface area contributed by atoms with Crippen LogP contribution in [0, 0.1) is 12.8 Å². The quantitative estimate of drug-likeness (QED) is 0.884. The van der Waals surface area contributed by atoms with Crippen molar-refractivity contribution < 1.29 is 9.59 Å². The summed E-state index contributed by atoms with van der Waals surface area (Å²) >= 11 is 0. The number of aromatic nitrogens is 2. The molecule has 1 fully saturated rings. The first kappa shape index (κ1) is 20.0. The monoisotopic (exact) mass is 380 g/mol. The average Bonchev–Trinajstić information content (AvgIpc) is 2.72. The van der Waals surface area contributed by atoms with Crippen molar-refractivity contribution in [3.8, 4) is 11.1 Å². The molecule has 0 radical (unpaired) electrons. The van der Waals surface area contributed by atoms with E-state index in [0.717, 1.165) is 48.4 Å². The smallest absolute Gasteiger partial charge is 0.269 e. The maximum Gasteiger partial charge on any atom is 0.269 e. The highest BCUT2D eigenvalue weighted by molar-refractivity contribution is 5.92. The van der Waals surface area contributed by atoms with Gasteiger partial charge in [0.2, 0.25) is 5.91 Å². The van der Waals surface area contributed by atoms with Crippen LogP contribution in [-0.2, 0) is 4.79 Å². The fourth-order valence-corrected chi connectivity index (χ4v) is 3.68. The molecule has 2 aromatic heterocycles. The van der Waals surface area contributed by atoms with Crippen LogP contribution in [0.5, 0.6) is 0 Å². The molecule has 3 rings (SSSR count). The molecule has 0 unspecified atom stereocenters. The van der Waals surface area contributed by atoms with E-state index in [1.807, 2.05) is 37.8 Å². The van der Waals surface area contributed by atoms with Crippen LogP contribution in [0.25, 0.3) is 11.1 Å². The number of hydrogen-bond donors (Lipinski definition) is 1. The van der Waals surface area contributed by atoms with Crippen molar-refractivity contribution in [2.45, 2.75) is 39.5 Å². The van der Waals surface area contributed by atoms with Crippen LogP contribution in [-0.4, -0.2) is 46.8 Å². The van der Waals surface area contributed by atoms with Crippen LogP contribution in [0.15, 0.2) is 30.5 Å². The Morgan fingerprint density at radius 3 is 2.64 bits per heavy atom. The third-order valence-electron chi connectivity index (χ3n) is 5.17. The summed E-state index contributed by atoms with van der Waals surface area (Å²) in [7, 11) is 1.59. The molecule has 1 saturated heterocycles. The van der Waals surface area contributed by atoms with Gasteiger partial charge in [-0.2, -0.15) is 0 Å². The van der Waals surface area contributed by atoms with Crippen molar-refractivity contribution >= 4 is 11.8 Å². The van der Waals surface area contributed by atoms with E-state index in [0.29, 0.717) is 5.69 Å². The Hall–Kier alpha value is -2.76. The molecule has 6 nitrogen and oxygen atoms in total. The van der Waals surface area contributed by atoms with Crippen LogP contribution >= 0.6 is 0 Å². The number of aryl methyl sites for hydroxylation is 1. The summed E-state index contributed by atoms with van der Waals surface area (Å²) in [6, 6.07) is 7.76. The van der Waals surface area contributed by atoms with E-state index in [4.69, 9.17) is 4.98 Å².